The largest absolute Gasteiger partial charge is 0.477 e. The number of β-lactam (4-membered cyclic amide) rings is 1. The molecular formula is C21H18N2O6S2. The highest BCUT2D eigenvalue weighted by atomic mass is 32.2. The van der Waals surface area contributed by atoms with Crippen LogP contribution in [0.3, 0.4) is 0 Å². The summed E-state index contributed by atoms with van der Waals surface area (Å²) >= 11 is 2.93. The Kier molecular flexibility index (Phi) is 6.10. The molecule has 1 saturated heterocycles. The molecule has 1 unspecified atom stereocenters. The predicted octanol–water partition coefficient (Wildman–Crippen LogP) is 2.22. The molecule has 2 amide bonds. The van der Waals surface area contributed by atoms with Crippen molar-refractivity contribution in [3.63, 3.8) is 0 Å². The monoisotopic (exact) mass is 458 g/mol. The molecule has 1 aromatic carbocycles. The van der Waals surface area contributed by atoms with Crippen LogP contribution < -0.4 is 5.32 Å². The maximum Gasteiger partial charge on any atom is 0.352 e. The molecule has 2 atom stereocenters. The average molecular weight is 459 g/mol. The SMILES string of the molecule is O=C(CC(=O)OCc1ccccc1-c1cccs1)NC1C(=O)N2C(C(=O)O)=CCS[C@H]12. The van der Waals surface area contributed by atoms with Crippen molar-refractivity contribution in [3.05, 3.63) is 59.1 Å². The van der Waals surface area contributed by atoms with Crippen molar-refractivity contribution >= 4 is 46.9 Å². The highest BCUT2D eigenvalue weighted by Crippen LogP contribution is 2.37. The standard InChI is InChI=1S/C21H18N2O6S2/c24-16(22-18-19(26)23-14(21(27)28)7-9-31-20(18)23)10-17(25)29-11-12-4-1-2-5-13(12)15-6-3-8-30-15/h1-8,18,20H,9-11H2,(H,22,24)(H,27,28)/t18?,20-/m1/s1. The number of thioether (sulfide) groups is 1. The van der Waals surface area contributed by atoms with Crippen molar-refractivity contribution < 1.29 is 29.0 Å². The second kappa shape index (κ2) is 8.94. The molecule has 4 rings (SSSR count). The Balaban J connectivity index is 1.30. The minimum Gasteiger partial charge on any atom is -0.477 e. The number of rotatable bonds is 7. The molecule has 0 radical (unpaired) electrons. The number of fused-ring (bicyclic) bond motifs is 1. The van der Waals surface area contributed by atoms with Crippen LogP contribution in [-0.4, -0.2) is 50.9 Å². The molecule has 3 heterocycles. The summed E-state index contributed by atoms with van der Waals surface area (Å²) in [4.78, 5) is 50.1. The predicted molar refractivity (Wildman–Crippen MR) is 115 cm³/mol. The topological polar surface area (TPSA) is 113 Å². The molecule has 2 aliphatic heterocycles. The Labute approximate surface area is 185 Å². The Morgan fingerprint density at radius 1 is 1.19 bits per heavy atom. The molecule has 0 saturated carbocycles. The molecular weight excluding hydrogens is 440 g/mol. The van der Waals surface area contributed by atoms with Gasteiger partial charge in [-0.25, -0.2) is 4.79 Å². The van der Waals surface area contributed by atoms with Crippen molar-refractivity contribution in [1.29, 1.82) is 0 Å². The van der Waals surface area contributed by atoms with E-state index in [0.717, 1.165) is 20.9 Å². The van der Waals surface area contributed by atoms with Crippen LogP contribution in [0.15, 0.2) is 53.6 Å². The van der Waals surface area contributed by atoms with Crippen LogP contribution in [0.5, 0.6) is 0 Å². The molecule has 0 bridgehead atoms. The van der Waals surface area contributed by atoms with Crippen LogP contribution >= 0.6 is 23.1 Å². The van der Waals surface area contributed by atoms with E-state index in [-0.39, 0.29) is 12.3 Å². The Hall–Kier alpha value is -3.11. The molecule has 2 aliphatic rings. The zero-order valence-electron chi connectivity index (χ0n) is 16.1. The van der Waals surface area contributed by atoms with Gasteiger partial charge >= 0.3 is 11.9 Å². The Morgan fingerprint density at radius 2 is 2.00 bits per heavy atom. The number of carbonyl (C=O) groups excluding carboxylic acids is 3. The third-order valence-corrected chi connectivity index (χ3v) is 6.97. The zero-order chi connectivity index (χ0) is 22.0. The van der Waals surface area contributed by atoms with Gasteiger partial charge in [-0.2, -0.15) is 0 Å². The van der Waals surface area contributed by atoms with Crippen LogP contribution in [0, 0.1) is 0 Å². The number of hydrogen-bond acceptors (Lipinski definition) is 7. The van der Waals surface area contributed by atoms with E-state index >= 15 is 0 Å². The molecule has 160 valence electrons. The first-order valence-corrected chi connectivity index (χ1v) is 11.3. The van der Waals surface area contributed by atoms with Crippen LogP contribution in [0.4, 0.5) is 0 Å². The fourth-order valence-corrected chi connectivity index (χ4v) is 5.40. The normalized spacial score (nSPS) is 19.7. The van der Waals surface area contributed by atoms with Gasteiger partial charge in [0.15, 0.2) is 0 Å². The van der Waals surface area contributed by atoms with Crippen molar-refractivity contribution in [2.75, 3.05) is 5.75 Å². The van der Waals surface area contributed by atoms with Gasteiger partial charge in [0.1, 0.15) is 30.1 Å². The van der Waals surface area contributed by atoms with E-state index in [1.807, 2.05) is 41.8 Å². The van der Waals surface area contributed by atoms with E-state index in [1.165, 1.54) is 17.8 Å². The van der Waals surface area contributed by atoms with Gasteiger partial charge in [-0.05, 0) is 28.6 Å². The van der Waals surface area contributed by atoms with E-state index in [9.17, 15) is 24.3 Å². The summed E-state index contributed by atoms with van der Waals surface area (Å²) in [6.45, 7) is 0.0293. The molecule has 10 heteroatoms. The van der Waals surface area contributed by atoms with Gasteiger partial charge in [-0.3, -0.25) is 19.3 Å². The number of thiophene rings is 1. The average Bonchev–Trinajstić information content (AvgIpc) is 3.30. The van der Waals surface area contributed by atoms with E-state index in [0.29, 0.717) is 5.75 Å². The maximum absolute atomic E-state index is 12.3. The minimum absolute atomic E-state index is 0.0293. The van der Waals surface area contributed by atoms with Crippen LogP contribution in [-0.2, 0) is 30.5 Å². The number of ether oxygens (including phenoxy) is 1. The molecule has 2 N–H and O–H groups in total. The van der Waals surface area contributed by atoms with Crippen LogP contribution in [0.2, 0.25) is 0 Å². The first-order chi connectivity index (χ1) is 15.0. The number of carboxylic acid groups (broad SMARTS) is 1. The van der Waals surface area contributed by atoms with Crippen LogP contribution in [0.25, 0.3) is 10.4 Å². The van der Waals surface area contributed by atoms with E-state index in [4.69, 9.17) is 4.74 Å². The molecule has 1 aromatic heterocycles. The van der Waals surface area contributed by atoms with E-state index in [2.05, 4.69) is 5.32 Å². The van der Waals surface area contributed by atoms with Crippen molar-refractivity contribution in [1.82, 2.24) is 10.2 Å². The lowest BCUT2D eigenvalue weighted by Gasteiger charge is -2.48. The van der Waals surface area contributed by atoms with Gasteiger partial charge in [-0.1, -0.05) is 30.3 Å². The number of amides is 2. The van der Waals surface area contributed by atoms with Gasteiger partial charge in [-0.15, -0.1) is 23.1 Å². The highest BCUT2D eigenvalue weighted by Gasteiger charge is 2.52. The van der Waals surface area contributed by atoms with Crippen LogP contribution in [0.1, 0.15) is 12.0 Å². The number of benzene rings is 1. The smallest absolute Gasteiger partial charge is 0.352 e. The van der Waals surface area contributed by atoms with Crippen molar-refractivity contribution in [3.8, 4) is 10.4 Å². The molecule has 0 aliphatic carbocycles. The summed E-state index contributed by atoms with van der Waals surface area (Å²) in [6, 6.07) is 10.6. The summed E-state index contributed by atoms with van der Waals surface area (Å²) in [5.74, 6) is -2.60. The number of aliphatic carboxylic acids is 1. The Bertz CT molecular complexity index is 1070. The van der Waals surface area contributed by atoms with Crippen molar-refractivity contribution in [2.24, 2.45) is 0 Å². The molecule has 0 spiro atoms. The van der Waals surface area contributed by atoms with Crippen molar-refractivity contribution in [2.45, 2.75) is 24.4 Å². The fraction of sp³-hybridized carbons (Fsp3) is 0.238. The zero-order valence-corrected chi connectivity index (χ0v) is 17.8. The number of hydrogen-bond donors (Lipinski definition) is 2. The number of nitrogens with zero attached hydrogens (tertiary/aromatic N) is 1. The maximum atomic E-state index is 12.3. The van der Waals surface area contributed by atoms with Gasteiger partial charge in [0.05, 0.1) is 0 Å². The summed E-state index contributed by atoms with van der Waals surface area (Å²) in [6.07, 6.45) is 0.939. The second-order valence-corrected chi connectivity index (χ2v) is 8.94. The quantitative estimate of drug-likeness (QED) is 0.372. The third kappa shape index (κ3) is 4.35. The third-order valence-electron chi connectivity index (χ3n) is 4.88. The van der Waals surface area contributed by atoms with Gasteiger partial charge in [0.25, 0.3) is 5.91 Å². The lowest BCUT2D eigenvalue weighted by Crippen LogP contribution is -2.70. The second-order valence-electron chi connectivity index (χ2n) is 6.84. The first kappa shape index (κ1) is 21.1. The first-order valence-electron chi connectivity index (χ1n) is 9.40. The minimum atomic E-state index is -1.19. The lowest BCUT2D eigenvalue weighted by atomic mass is 10.0. The number of esters is 1. The Morgan fingerprint density at radius 3 is 2.74 bits per heavy atom. The molecule has 1 fully saturated rings. The number of carboxylic acids is 1. The summed E-state index contributed by atoms with van der Waals surface area (Å²) in [5, 5.41) is 13.2. The summed E-state index contributed by atoms with van der Waals surface area (Å²) < 4.78 is 5.27. The molecule has 8 nitrogen and oxygen atoms in total. The lowest BCUT2D eigenvalue weighted by molar-refractivity contribution is -0.152. The van der Waals surface area contributed by atoms with E-state index in [1.54, 1.807) is 11.3 Å². The summed E-state index contributed by atoms with van der Waals surface area (Å²) in [5.41, 5.74) is 1.71. The molecule has 31 heavy (non-hydrogen) atoms. The van der Waals surface area contributed by atoms with Gasteiger partial charge in [0, 0.05) is 10.6 Å². The highest BCUT2D eigenvalue weighted by molar-refractivity contribution is 8.00. The molecule has 2 aromatic rings. The van der Waals surface area contributed by atoms with Gasteiger partial charge < -0.3 is 15.2 Å². The van der Waals surface area contributed by atoms with Gasteiger partial charge in [0.2, 0.25) is 5.91 Å². The summed E-state index contributed by atoms with van der Waals surface area (Å²) in [7, 11) is 0. The fourth-order valence-electron chi connectivity index (χ4n) is 3.42. The van der Waals surface area contributed by atoms with E-state index < -0.39 is 41.6 Å². The number of nitrogens with one attached hydrogen (secondary N) is 1. The number of carbonyl (C=O) groups is 4.